The minimum Gasteiger partial charge on any atom is -0.362 e. The van der Waals surface area contributed by atoms with E-state index in [9.17, 15) is 0 Å². The number of H-pyrrole nitrogens is 1. The van der Waals surface area contributed by atoms with Gasteiger partial charge in [-0.1, -0.05) is 19.9 Å². The molecule has 0 unspecified atom stereocenters. The Balaban J connectivity index is 2.11. The molecule has 4 nitrogen and oxygen atoms in total. The molecule has 2 N–H and O–H groups in total. The smallest absolute Gasteiger partial charge is 0.170 e. The van der Waals surface area contributed by atoms with Crippen molar-refractivity contribution in [3.8, 4) is 0 Å². The highest BCUT2D eigenvalue weighted by Crippen LogP contribution is 2.42. The van der Waals surface area contributed by atoms with Crippen molar-refractivity contribution < 1.29 is 0 Å². The van der Waals surface area contributed by atoms with Crippen LogP contribution in [-0.4, -0.2) is 26.5 Å². The molecule has 128 valence electrons. The molecule has 0 radical (unpaired) electrons. The van der Waals surface area contributed by atoms with Gasteiger partial charge >= 0.3 is 0 Å². The van der Waals surface area contributed by atoms with Crippen LogP contribution in [0.4, 0.5) is 0 Å². The van der Waals surface area contributed by atoms with Gasteiger partial charge in [0.05, 0.1) is 17.8 Å². The summed E-state index contributed by atoms with van der Waals surface area (Å²) in [6.45, 7) is 9.66. The second-order valence-electron chi connectivity index (χ2n) is 6.78. The molecular weight excluding hydrogens is 431 g/mol. The van der Waals surface area contributed by atoms with Gasteiger partial charge in [-0.05, 0) is 66.7 Å². The molecule has 0 aliphatic carbocycles. The lowest BCUT2D eigenvalue weighted by Gasteiger charge is -2.29. The lowest BCUT2D eigenvalue weighted by Crippen LogP contribution is -2.33. The first-order chi connectivity index (χ1) is 11.4. The number of pyridine rings is 1. The van der Waals surface area contributed by atoms with Crippen molar-refractivity contribution in [2.75, 3.05) is 6.54 Å². The van der Waals surface area contributed by atoms with Crippen molar-refractivity contribution in [3.63, 3.8) is 0 Å². The summed E-state index contributed by atoms with van der Waals surface area (Å²) in [6, 6.07) is 6.29. The van der Waals surface area contributed by atoms with Crippen LogP contribution in [0.15, 0.2) is 24.4 Å². The number of halogens is 1. The van der Waals surface area contributed by atoms with E-state index in [2.05, 4.69) is 76.5 Å². The van der Waals surface area contributed by atoms with Gasteiger partial charge in [0.25, 0.3) is 0 Å². The molecule has 1 fully saturated rings. The predicted octanol–water partition coefficient (Wildman–Crippen LogP) is 4.26. The number of nitrogens with one attached hydrogen (secondary N) is 2. The van der Waals surface area contributed by atoms with Gasteiger partial charge in [0, 0.05) is 33.3 Å². The monoisotopic (exact) mass is 454 g/mol. The summed E-state index contributed by atoms with van der Waals surface area (Å²) >= 11 is 8.13. The van der Waals surface area contributed by atoms with Gasteiger partial charge in [-0.2, -0.15) is 0 Å². The van der Waals surface area contributed by atoms with Crippen LogP contribution in [0.2, 0.25) is 0 Å². The molecule has 0 bridgehead atoms. The molecule has 1 aliphatic rings. The van der Waals surface area contributed by atoms with E-state index < -0.39 is 0 Å². The van der Waals surface area contributed by atoms with Crippen LogP contribution in [0.25, 0.3) is 0 Å². The topological polar surface area (TPSA) is 44.0 Å². The number of aromatic amines is 1. The minimum absolute atomic E-state index is 0.0693. The maximum Gasteiger partial charge on any atom is 0.170 e. The van der Waals surface area contributed by atoms with E-state index in [-0.39, 0.29) is 12.1 Å². The van der Waals surface area contributed by atoms with Crippen molar-refractivity contribution in [1.29, 1.82) is 0 Å². The predicted molar refractivity (Wildman–Crippen MR) is 110 cm³/mol. The fourth-order valence-corrected chi connectivity index (χ4v) is 4.60. The van der Waals surface area contributed by atoms with Gasteiger partial charge in [-0.25, -0.2) is 0 Å². The molecule has 2 aromatic heterocycles. The van der Waals surface area contributed by atoms with Gasteiger partial charge in [-0.15, -0.1) is 0 Å². The van der Waals surface area contributed by atoms with Crippen molar-refractivity contribution in [3.05, 3.63) is 50.6 Å². The van der Waals surface area contributed by atoms with Crippen molar-refractivity contribution in [2.45, 2.75) is 39.8 Å². The fourth-order valence-electron chi connectivity index (χ4n) is 3.43. The summed E-state index contributed by atoms with van der Waals surface area (Å²) in [4.78, 5) is 10.4. The maximum atomic E-state index is 5.68. The third-order valence-corrected chi connectivity index (χ3v) is 6.14. The second kappa shape index (κ2) is 7.00. The molecule has 24 heavy (non-hydrogen) atoms. The first-order valence-corrected chi connectivity index (χ1v) is 9.71. The minimum atomic E-state index is 0.0693. The highest BCUT2D eigenvalue weighted by Gasteiger charge is 2.42. The van der Waals surface area contributed by atoms with Gasteiger partial charge in [0.1, 0.15) is 0 Å². The summed E-state index contributed by atoms with van der Waals surface area (Å²) in [7, 11) is 0. The Morgan fingerprint density at radius 1 is 1.29 bits per heavy atom. The highest BCUT2D eigenvalue weighted by atomic mass is 127. The molecule has 0 spiro atoms. The molecule has 6 heteroatoms. The Kier molecular flexibility index (Phi) is 5.15. The van der Waals surface area contributed by atoms with Crippen molar-refractivity contribution >= 4 is 39.9 Å². The van der Waals surface area contributed by atoms with Crippen LogP contribution >= 0.6 is 34.8 Å². The normalized spacial score (nSPS) is 20.8. The fraction of sp³-hybridized carbons (Fsp3) is 0.444. The Labute approximate surface area is 162 Å². The number of rotatable bonds is 4. The van der Waals surface area contributed by atoms with Gasteiger partial charge < -0.3 is 15.2 Å². The zero-order valence-electron chi connectivity index (χ0n) is 14.4. The van der Waals surface area contributed by atoms with Gasteiger partial charge in [0.2, 0.25) is 0 Å². The summed E-state index contributed by atoms with van der Waals surface area (Å²) in [5.41, 5.74) is 4.79. The Hall–Kier alpha value is -1.15. The molecule has 1 saturated heterocycles. The quantitative estimate of drug-likeness (QED) is 0.536. The van der Waals surface area contributed by atoms with E-state index in [0.29, 0.717) is 5.92 Å². The molecule has 3 rings (SSSR count). The van der Waals surface area contributed by atoms with E-state index in [1.165, 1.54) is 20.5 Å². The van der Waals surface area contributed by atoms with Gasteiger partial charge in [0.15, 0.2) is 5.11 Å². The zero-order valence-corrected chi connectivity index (χ0v) is 17.4. The van der Waals surface area contributed by atoms with E-state index in [4.69, 9.17) is 12.2 Å². The van der Waals surface area contributed by atoms with Crippen LogP contribution in [0, 0.1) is 23.3 Å². The van der Waals surface area contributed by atoms with Crippen LogP contribution < -0.4 is 5.32 Å². The Morgan fingerprint density at radius 2 is 2.04 bits per heavy atom. The SMILES string of the molecule is Cc1[nH]c(C)c([C@H]2[C@H](c3ccccn3)NC(=S)N2CC(C)C)c1I. The van der Waals surface area contributed by atoms with Crippen molar-refractivity contribution in [1.82, 2.24) is 20.2 Å². The first-order valence-electron chi connectivity index (χ1n) is 8.22. The molecule has 2 aromatic rings. The number of nitrogens with zero attached hydrogens (tertiary/aromatic N) is 2. The third kappa shape index (κ3) is 3.18. The average molecular weight is 454 g/mol. The molecule has 0 saturated carbocycles. The average Bonchev–Trinajstić information content (AvgIpc) is 2.97. The van der Waals surface area contributed by atoms with E-state index >= 15 is 0 Å². The number of hydrogen-bond acceptors (Lipinski definition) is 2. The van der Waals surface area contributed by atoms with E-state index in [1.54, 1.807) is 0 Å². The molecule has 3 heterocycles. The number of aromatic nitrogens is 2. The zero-order chi connectivity index (χ0) is 17.4. The maximum absolute atomic E-state index is 5.68. The Morgan fingerprint density at radius 3 is 2.58 bits per heavy atom. The lowest BCUT2D eigenvalue weighted by atomic mass is 9.96. The molecule has 0 aromatic carbocycles. The van der Waals surface area contributed by atoms with Gasteiger partial charge in [-0.3, -0.25) is 4.98 Å². The van der Waals surface area contributed by atoms with Crippen LogP contribution in [0.3, 0.4) is 0 Å². The van der Waals surface area contributed by atoms with Crippen LogP contribution in [0.5, 0.6) is 0 Å². The van der Waals surface area contributed by atoms with Crippen LogP contribution in [-0.2, 0) is 0 Å². The number of hydrogen-bond donors (Lipinski definition) is 2. The molecule has 2 atom stereocenters. The largest absolute Gasteiger partial charge is 0.362 e. The summed E-state index contributed by atoms with van der Waals surface area (Å²) < 4.78 is 1.29. The molecular formula is C18H23IN4S. The van der Waals surface area contributed by atoms with E-state index in [0.717, 1.165) is 17.4 Å². The lowest BCUT2D eigenvalue weighted by molar-refractivity contribution is 0.286. The number of aryl methyl sites for hydroxylation is 2. The second-order valence-corrected chi connectivity index (χ2v) is 8.24. The first kappa shape index (κ1) is 17.7. The number of thiocarbonyl (C=S) groups is 1. The Bertz CT molecular complexity index is 741. The summed E-state index contributed by atoms with van der Waals surface area (Å²) in [5.74, 6) is 0.535. The molecule has 1 aliphatic heterocycles. The van der Waals surface area contributed by atoms with Crippen LogP contribution in [0.1, 0.15) is 48.6 Å². The van der Waals surface area contributed by atoms with Crippen molar-refractivity contribution in [2.24, 2.45) is 5.92 Å². The highest BCUT2D eigenvalue weighted by molar-refractivity contribution is 14.1. The summed E-state index contributed by atoms with van der Waals surface area (Å²) in [6.07, 6.45) is 1.85. The van der Waals surface area contributed by atoms with E-state index in [1.807, 2.05) is 18.3 Å². The summed E-state index contributed by atoms with van der Waals surface area (Å²) in [5, 5.41) is 4.33. The molecule has 0 amide bonds. The standard InChI is InChI=1S/C18H23IN4S/c1-10(2)9-23-17(14-11(3)21-12(4)15(14)19)16(22-18(23)24)13-7-5-6-8-20-13/h5-8,10,16-17,21H,9H2,1-4H3,(H,22,24)/t16-,17-/m0/s1. The third-order valence-electron chi connectivity index (χ3n) is 4.40.